The van der Waals surface area contributed by atoms with E-state index in [-0.39, 0.29) is 6.10 Å². The van der Waals surface area contributed by atoms with Gasteiger partial charge in [0.1, 0.15) is 0 Å². The van der Waals surface area contributed by atoms with Crippen LogP contribution in [0.3, 0.4) is 0 Å². The summed E-state index contributed by atoms with van der Waals surface area (Å²) < 4.78 is 0. The average Bonchev–Trinajstić information content (AvgIpc) is 2.18. The molecule has 0 unspecified atom stereocenters. The van der Waals surface area contributed by atoms with E-state index in [1.54, 1.807) is 6.92 Å². The molecule has 0 saturated heterocycles. The summed E-state index contributed by atoms with van der Waals surface area (Å²) in [5.41, 5.74) is 0.957. The Hall–Kier alpha value is -1.70. The smallest absolute Gasteiger partial charge is 0.0621 e. The topological polar surface area (TPSA) is 20.2 Å². The first kappa shape index (κ1) is 10.4. The molecule has 1 nitrogen and oxygen atoms in total. The number of aliphatic hydroxyl groups excluding tert-OH is 1. The van der Waals surface area contributed by atoms with Gasteiger partial charge < -0.3 is 5.11 Å². The predicted molar refractivity (Wildman–Crippen MR) is 57.4 cm³/mol. The Morgan fingerprint density at radius 2 is 1.93 bits per heavy atom. The van der Waals surface area contributed by atoms with Gasteiger partial charge in [-0.15, -0.1) is 0 Å². The average molecular weight is 184 g/mol. The van der Waals surface area contributed by atoms with Crippen molar-refractivity contribution in [2.24, 2.45) is 0 Å². The van der Waals surface area contributed by atoms with Gasteiger partial charge >= 0.3 is 0 Å². The highest BCUT2D eigenvalue weighted by molar-refractivity contribution is 5.39. The number of benzene rings is 1. The van der Waals surface area contributed by atoms with Gasteiger partial charge in [0, 0.05) is 12.0 Å². The lowest BCUT2D eigenvalue weighted by Crippen LogP contribution is -1.95. The maximum absolute atomic E-state index is 8.92. The highest BCUT2D eigenvalue weighted by Gasteiger charge is 1.86. The van der Waals surface area contributed by atoms with E-state index < -0.39 is 0 Å². The first-order valence-corrected chi connectivity index (χ1v) is 4.51. The summed E-state index contributed by atoms with van der Waals surface area (Å²) in [5, 5.41) is 8.92. The maximum atomic E-state index is 8.92. The van der Waals surface area contributed by atoms with Crippen LogP contribution in [0.25, 0.3) is 0 Å². The SMILES string of the molecule is C[C@H](O)CC#CC#Cc1ccccc1. The minimum atomic E-state index is -0.374. The van der Waals surface area contributed by atoms with Crippen LogP contribution in [0.15, 0.2) is 30.3 Å². The molecule has 1 rings (SSSR count). The quantitative estimate of drug-likeness (QED) is 0.660. The Morgan fingerprint density at radius 3 is 2.57 bits per heavy atom. The highest BCUT2D eigenvalue weighted by Crippen LogP contribution is 1.94. The third kappa shape index (κ3) is 4.36. The molecular formula is C13H12O. The summed E-state index contributed by atoms with van der Waals surface area (Å²) in [5.74, 6) is 11.1. The van der Waals surface area contributed by atoms with Gasteiger partial charge in [0.25, 0.3) is 0 Å². The lowest BCUT2D eigenvalue weighted by atomic mass is 10.2. The van der Waals surface area contributed by atoms with Crippen LogP contribution in [-0.2, 0) is 0 Å². The summed E-state index contributed by atoms with van der Waals surface area (Å²) in [6, 6.07) is 9.69. The molecule has 0 heterocycles. The molecule has 0 saturated carbocycles. The Morgan fingerprint density at radius 1 is 1.21 bits per heavy atom. The molecule has 70 valence electrons. The summed E-state index contributed by atoms with van der Waals surface area (Å²) in [4.78, 5) is 0. The Balaban J connectivity index is 2.52. The molecule has 0 aliphatic rings. The third-order valence-electron chi connectivity index (χ3n) is 1.53. The summed E-state index contributed by atoms with van der Waals surface area (Å²) in [7, 11) is 0. The zero-order valence-corrected chi connectivity index (χ0v) is 8.12. The zero-order valence-electron chi connectivity index (χ0n) is 8.12. The van der Waals surface area contributed by atoms with E-state index in [1.807, 2.05) is 30.3 Å². The number of rotatable bonds is 1. The molecule has 1 N–H and O–H groups in total. The number of hydrogen-bond acceptors (Lipinski definition) is 1. The fourth-order valence-corrected chi connectivity index (χ4v) is 0.868. The van der Waals surface area contributed by atoms with Crippen LogP contribution in [0.5, 0.6) is 0 Å². The van der Waals surface area contributed by atoms with Crippen molar-refractivity contribution in [3.05, 3.63) is 35.9 Å². The van der Waals surface area contributed by atoms with Gasteiger partial charge in [-0.1, -0.05) is 30.0 Å². The molecule has 14 heavy (non-hydrogen) atoms. The standard InChI is InChI=1S/C13H12O/c1-12(14)8-4-2-5-9-13-10-6-3-7-11-13/h3,6-7,10-12,14H,8H2,1H3/t12-/m0/s1. The molecule has 1 aromatic carbocycles. The van der Waals surface area contributed by atoms with E-state index in [9.17, 15) is 0 Å². The fraction of sp³-hybridized carbons (Fsp3) is 0.231. The van der Waals surface area contributed by atoms with Crippen molar-refractivity contribution in [1.82, 2.24) is 0 Å². The molecule has 1 aromatic rings. The van der Waals surface area contributed by atoms with E-state index in [0.29, 0.717) is 6.42 Å². The molecule has 0 amide bonds. The van der Waals surface area contributed by atoms with Crippen molar-refractivity contribution in [3.8, 4) is 23.7 Å². The molecule has 0 aromatic heterocycles. The maximum Gasteiger partial charge on any atom is 0.0621 e. The fourth-order valence-electron chi connectivity index (χ4n) is 0.868. The van der Waals surface area contributed by atoms with Crippen molar-refractivity contribution in [3.63, 3.8) is 0 Å². The molecule has 0 bridgehead atoms. The van der Waals surface area contributed by atoms with Crippen LogP contribution < -0.4 is 0 Å². The van der Waals surface area contributed by atoms with Gasteiger partial charge in [-0.25, -0.2) is 0 Å². The van der Waals surface area contributed by atoms with Crippen LogP contribution in [-0.4, -0.2) is 11.2 Å². The summed E-state index contributed by atoms with van der Waals surface area (Å²) in [6.07, 6.45) is 0.102. The minimum absolute atomic E-state index is 0.374. The number of aliphatic hydroxyl groups is 1. The van der Waals surface area contributed by atoms with Crippen LogP contribution in [0, 0.1) is 23.7 Å². The van der Waals surface area contributed by atoms with E-state index in [0.717, 1.165) is 5.56 Å². The Bertz CT molecular complexity index is 382. The van der Waals surface area contributed by atoms with Crippen LogP contribution >= 0.6 is 0 Å². The molecule has 1 heteroatoms. The van der Waals surface area contributed by atoms with Crippen molar-refractivity contribution in [2.45, 2.75) is 19.4 Å². The first-order valence-electron chi connectivity index (χ1n) is 4.51. The third-order valence-corrected chi connectivity index (χ3v) is 1.53. The van der Waals surface area contributed by atoms with E-state index in [1.165, 1.54) is 0 Å². The van der Waals surface area contributed by atoms with Gasteiger partial charge in [-0.3, -0.25) is 0 Å². The Kier molecular flexibility index (Phi) is 4.35. The molecule has 0 spiro atoms. The van der Waals surface area contributed by atoms with Crippen molar-refractivity contribution in [1.29, 1.82) is 0 Å². The monoisotopic (exact) mass is 184 g/mol. The second-order valence-corrected chi connectivity index (χ2v) is 2.97. The Labute approximate surface area is 84.8 Å². The highest BCUT2D eigenvalue weighted by atomic mass is 16.3. The minimum Gasteiger partial charge on any atom is -0.392 e. The van der Waals surface area contributed by atoms with Crippen LogP contribution in [0.2, 0.25) is 0 Å². The normalized spacial score (nSPS) is 10.4. The largest absolute Gasteiger partial charge is 0.392 e. The second-order valence-electron chi connectivity index (χ2n) is 2.97. The van der Waals surface area contributed by atoms with E-state index in [4.69, 9.17) is 5.11 Å². The van der Waals surface area contributed by atoms with E-state index >= 15 is 0 Å². The van der Waals surface area contributed by atoms with Crippen molar-refractivity contribution < 1.29 is 5.11 Å². The van der Waals surface area contributed by atoms with Crippen molar-refractivity contribution in [2.75, 3.05) is 0 Å². The summed E-state index contributed by atoms with van der Waals surface area (Å²) >= 11 is 0. The van der Waals surface area contributed by atoms with Crippen LogP contribution in [0.4, 0.5) is 0 Å². The van der Waals surface area contributed by atoms with Gasteiger partial charge in [0.05, 0.1) is 6.10 Å². The molecule has 0 radical (unpaired) electrons. The van der Waals surface area contributed by atoms with Gasteiger partial charge in [0.2, 0.25) is 0 Å². The molecule has 0 aliphatic heterocycles. The predicted octanol–water partition coefficient (Wildman–Crippen LogP) is 1.81. The lowest BCUT2D eigenvalue weighted by Gasteiger charge is -1.91. The van der Waals surface area contributed by atoms with Gasteiger partial charge in [-0.2, -0.15) is 0 Å². The molecule has 1 atom stereocenters. The first-order chi connectivity index (χ1) is 6.79. The van der Waals surface area contributed by atoms with Crippen molar-refractivity contribution >= 4 is 0 Å². The number of hydrogen-bond donors (Lipinski definition) is 1. The molecule has 0 fully saturated rings. The van der Waals surface area contributed by atoms with Crippen LogP contribution in [0.1, 0.15) is 18.9 Å². The zero-order chi connectivity index (χ0) is 10.2. The lowest BCUT2D eigenvalue weighted by molar-refractivity contribution is 0.201. The summed E-state index contributed by atoms with van der Waals surface area (Å²) in [6.45, 7) is 1.71. The second kappa shape index (κ2) is 5.86. The van der Waals surface area contributed by atoms with Gasteiger partial charge in [0.15, 0.2) is 0 Å². The van der Waals surface area contributed by atoms with Gasteiger partial charge in [-0.05, 0) is 30.9 Å². The molecular weight excluding hydrogens is 172 g/mol. The molecule has 0 aliphatic carbocycles. The van der Waals surface area contributed by atoms with E-state index in [2.05, 4.69) is 23.7 Å².